The van der Waals surface area contributed by atoms with E-state index in [1.54, 1.807) is 41.3 Å². The van der Waals surface area contributed by atoms with E-state index in [2.05, 4.69) is 20.3 Å². The smallest absolute Gasteiger partial charge is 0.269 e. The van der Waals surface area contributed by atoms with Crippen molar-refractivity contribution in [1.82, 2.24) is 23.6 Å². The molecule has 6 aromatic rings. The molecule has 1 N–H and O–H groups in total. The Labute approximate surface area is 279 Å². The number of nitrogens with one attached hydrogen (secondary N) is 1. The second-order valence-electron chi connectivity index (χ2n) is 12.0. The SMILES string of the molecule is Cc1ccc(S(=O)(=O)n2cc(NC(=O)c3cnn(Cc4ccccc4)c3)c3cc(-c4cccc(OCCN5CCCC5)c4)cnc32)cc1. The van der Waals surface area contributed by atoms with E-state index in [-0.39, 0.29) is 10.5 Å². The van der Waals surface area contributed by atoms with Gasteiger partial charge in [-0.05, 0) is 74.3 Å². The lowest BCUT2D eigenvalue weighted by Gasteiger charge is -2.15. The Morgan fingerprint density at radius 2 is 1.69 bits per heavy atom. The number of hydrogen-bond donors (Lipinski definition) is 1. The lowest BCUT2D eigenvalue weighted by molar-refractivity contribution is 0.102. The molecular formula is C37H36N6O4S. The van der Waals surface area contributed by atoms with E-state index in [4.69, 9.17) is 4.74 Å². The number of rotatable bonds is 11. The number of likely N-dealkylation sites (tertiary alicyclic amines) is 1. The van der Waals surface area contributed by atoms with Crippen molar-refractivity contribution in [1.29, 1.82) is 0 Å². The molecule has 0 saturated carbocycles. The minimum atomic E-state index is -4.03. The number of amides is 1. The van der Waals surface area contributed by atoms with Gasteiger partial charge in [0, 0.05) is 36.1 Å². The molecule has 1 aliphatic rings. The number of carbonyl (C=O) groups is 1. The van der Waals surface area contributed by atoms with Crippen LogP contribution in [0.4, 0.5) is 5.69 Å². The third-order valence-corrected chi connectivity index (χ3v) is 10.2. The summed E-state index contributed by atoms with van der Waals surface area (Å²) >= 11 is 0. The zero-order chi connectivity index (χ0) is 33.1. The summed E-state index contributed by atoms with van der Waals surface area (Å²) in [4.78, 5) is 20.7. The van der Waals surface area contributed by atoms with Crippen LogP contribution in [0.25, 0.3) is 22.2 Å². The van der Waals surface area contributed by atoms with Crippen LogP contribution in [-0.2, 0) is 16.6 Å². The van der Waals surface area contributed by atoms with E-state index in [0.717, 1.165) is 51.6 Å². The van der Waals surface area contributed by atoms with Crippen molar-refractivity contribution < 1.29 is 17.9 Å². The molecule has 3 aromatic heterocycles. The quantitative estimate of drug-likeness (QED) is 0.176. The number of benzene rings is 3. The van der Waals surface area contributed by atoms with Crippen LogP contribution >= 0.6 is 0 Å². The van der Waals surface area contributed by atoms with Crippen LogP contribution in [0, 0.1) is 6.92 Å². The summed E-state index contributed by atoms with van der Waals surface area (Å²) in [6.07, 6.45) is 8.70. The first-order valence-electron chi connectivity index (χ1n) is 16.0. The molecule has 0 radical (unpaired) electrons. The fourth-order valence-corrected chi connectivity index (χ4v) is 7.26. The summed E-state index contributed by atoms with van der Waals surface area (Å²) in [7, 11) is -4.03. The molecule has 0 aliphatic carbocycles. The van der Waals surface area contributed by atoms with E-state index < -0.39 is 15.9 Å². The number of nitrogens with zero attached hydrogens (tertiary/aromatic N) is 5. The van der Waals surface area contributed by atoms with Gasteiger partial charge in [-0.3, -0.25) is 14.4 Å². The van der Waals surface area contributed by atoms with E-state index in [1.165, 1.54) is 25.2 Å². The van der Waals surface area contributed by atoms with Crippen molar-refractivity contribution in [2.24, 2.45) is 0 Å². The highest BCUT2D eigenvalue weighted by molar-refractivity contribution is 7.90. The van der Waals surface area contributed by atoms with Crippen LogP contribution in [0.2, 0.25) is 0 Å². The normalized spacial score (nSPS) is 13.6. The third-order valence-electron chi connectivity index (χ3n) is 8.56. The van der Waals surface area contributed by atoms with Gasteiger partial charge in [-0.15, -0.1) is 0 Å². The van der Waals surface area contributed by atoms with Gasteiger partial charge >= 0.3 is 0 Å². The predicted octanol–water partition coefficient (Wildman–Crippen LogP) is 6.22. The number of aryl methyl sites for hydroxylation is 1. The first-order chi connectivity index (χ1) is 23.3. The van der Waals surface area contributed by atoms with E-state index in [9.17, 15) is 13.2 Å². The summed E-state index contributed by atoms with van der Waals surface area (Å²) in [5, 5.41) is 7.77. The molecule has 244 valence electrons. The van der Waals surface area contributed by atoms with Crippen LogP contribution in [0.3, 0.4) is 0 Å². The van der Waals surface area contributed by atoms with Gasteiger partial charge in [0.15, 0.2) is 5.65 Å². The molecule has 1 saturated heterocycles. The molecule has 4 heterocycles. The molecule has 48 heavy (non-hydrogen) atoms. The van der Waals surface area contributed by atoms with Crippen molar-refractivity contribution in [3.8, 4) is 16.9 Å². The number of ether oxygens (including phenoxy) is 1. The summed E-state index contributed by atoms with van der Waals surface area (Å²) in [5.41, 5.74) is 4.46. The Morgan fingerprint density at radius 1 is 0.896 bits per heavy atom. The molecule has 0 bridgehead atoms. The minimum absolute atomic E-state index is 0.120. The molecule has 1 fully saturated rings. The standard InChI is InChI=1S/C37H36N6O4S/c1-27-12-14-33(15-13-27)48(45,46)43-26-35(40-37(44)31-23-39-42(25-31)24-28-8-3-2-4-9-28)34-21-30(22-38-36(34)43)29-10-7-11-32(20-29)47-19-18-41-16-5-6-17-41/h2-4,7-15,20-23,25-26H,5-6,16-19,24H2,1H3,(H,40,44). The van der Waals surface area contributed by atoms with E-state index >= 15 is 0 Å². The zero-order valence-electron chi connectivity index (χ0n) is 26.6. The number of pyridine rings is 1. The number of anilines is 1. The van der Waals surface area contributed by atoms with Gasteiger partial charge in [0.2, 0.25) is 0 Å². The molecular weight excluding hydrogens is 625 g/mol. The fraction of sp³-hybridized carbons (Fsp3) is 0.216. The first-order valence-corrected chi connectivity index (χ1v) is 17.4. The number of carbonyl (C=O) groups excluding carboxylic acids is 1. The molecule has 3 aromatic carbocycles. The summed E-state index contributed by atoms with van der Waals surface area (Å²) < 4.78 is 36.7. The first kappa shape index (κ1) is 31.3. The predicted molar refractivity (Wildman–Crippen MR) is 186 cm³/mol. The lowest BCUT2D eigenvalue weighted by atomic mass is 10.1. The van der Waals surface area contributed by atoms with Crippen molar-refractivity contribution in [2.45, 2.75) is 31.2 Å². The lowest BCUT2D eigenvalue weighted by Crippen LogP contribution is -2.25. The van der Waals surface area contributed by atoms with Crippen LogP contribution in [-0.4, -0.2) is 64.2 Å². The third kappa shape index (κ3) is 6.73. The highest BCUT2D eigenvalue weighted by Crippen LogP contribution is 2.33. The Morgan fingerprint density at radius 3 is 2.48 bits per heavy atom. The maximum absolute atomic E-state index is 13.9. The Balaban J connectivity index is 1.21. The van der Waals surface area contributed by atoms with Gasteiger partial charge in [-0.2, -0.15) is 5.10 Å². The van der Waals surface area contributed by atoms with Gasteiger partial charge in [0.05, 0.1) is 28.9 Å². The highest BCUT2D eigenvalue weighted by Gasteiger charge is 2.24. The summed E-state index contributed by atoms with van der Waals surface area (Å²) in [5.74, 6) is 0.326. The molecule has 1 amide bonds. The second-order valence-corrected chi connectivity index (χ2v) is 13.9. The maximum atomic E-state index is 13.9. The van der Waals surface area contributed by atoms with Crippen molar-refractivity contribution in [3.05, 3.63) is 126 Å². The van der Waals surface area contributed by atoms with Crippen LogP contribution < -0.4 is 10.1 Å². The Hall–Kier alpha value is -5.26. The van der Waals surface area contributed by atoms with Gasteiger partial charge in [-0.25, -0.2) is 17.4 Å². The summed E-state index contributed by atoms with van der Waals surface area (Å²) in [6, 6.07) is 26.1. The fourth-order valence-electron chi connectivity index (χ4n) is 5.94. The highest BCUT2D eigenvalue weighted by atomic mass is 32.2. The van der Waals surface area contributed by atoms with E-state index in [0.29, 0.717) is 29.8 Å². The average Bonchev–Trinajstić information content (AvgIpc) is 3.87. The molecule has 0 spiro atoms. The van der Waals surface area contributed by atoms with Crippen molar-refractivity contribution in [2.75, 3.05) is 31.6 Å². The van der Waals surface area contributed by atoms with Crippen LogP contribution in [0.15, 0.2) is 115 Å². The van der Waals surface area contributed by atoms with Gasteiger partial charge in [0.1, 0.15) is 12.4 Å². The van der Waals surface area contributed by atoms with Crippen molar-refractivity contribution >= 4 is 32.7 Å². The number of aromatic nitrogens is 4. The van der Waals surface area contributed by atoms with Gasteiger partial charge < -0.3 is 10.1 Å². The minimum Gasteiger partial charge on any atom is -0.492 e. The Bertz CT molecular complexity index is 2170. The zero-order valence-corrected chi connectivity index (χ0v) is 27.4. The van der Waals surface area contributed by atoms with Gasteiger partial charge in [0.25, 0.3) is 15.9 Å². The van der Waals surface area contributed by atoms with Crippen LogP contribution in [0.1, 0.15) is 34.3 Å². The topological polar surface area (TPSA) is 111 Å². The largest absolute Gasteiger partial charge is 0.492 e. The summed E-state index contributed by atoms with van der Waals surface area (Å²) in [6.45, 7) is 6.12. The van der Waals surface area contributed by atoms with Crippen molar-refractivity contribution in [3.63, 3.8) is 0 Å². The van der Waals surface area contributed by atoms with E-state index in [1.807, 2.05) is 67.6 Å². The van der Waals surface area contributed by atoms with Crippen LogP contribution in [0.5, 0.6) is 5.75 Å². The molecule has 1 aliphatic heterocycles. The van der Waals surface area contributed by atoms with Gasteiger partial charge in [-0.1, -0.05) is 60.2 Å². The monoisotopic (exact) mass is 660 g/mol. The number of hydrogen-bond acceptors (Lipinski definition) is 7. The molecule has 10 nitrogen and oxygen atoms in total. The number of fused-ring (bicyclic) bond motifs is 1. The maximum Gasteiger partial charge on any atom is 0.269 e. The Kier molecular flexibility index (Phi) is 8.79. The molecule has 0 unspecified atom stereocenters. The average molecular weight is 661 g/mol. The molecule has 11 heteroatoms. The second kappa shape index (κ2) is 13.5. The molecule has 0 atom stereocenters. The molecule has 7 rings (SSSR count).